The van der Waals surface area contributed by atoms with E-state index >= 15 is 0 Å². The second kappa shape index (κ2) is 9.23. The van der Waals surface area contributed by atoms with Crippen LogP contribution in [0.1, 0.15) is 31.4 Å². The number of hydrogen-bond acceptors (Lipinski definition) is 10. The molecule has 0 amide bonds. The summed E-state index contributed by atoms with van der Waals surface area (Å²) in [5.74, 6) is 1.63. The average molecular weight is 504 g/mol. The molecule has 188 valence electrons. The Morgan fingerprint density at radius 1 is 1.26 bits per heavy atom. The van der Waals surface area contributed by atoms with Crippen LogP contribution in [0, 0.1) is 17.2 Å². The van der Waals surface area contributed by atoms with Gasteiger partial charge in [-0.2, -0.15) is 37.4 Å². The summed E-state index contributed by atoms with van der Waals surface area (Å²) >= 11 is 0. The van der Waals surface area contributed by atoms with E-state index in [-0.39, 0.29) is 43.7 Å². The number of aromatic amines is 1. The van der Waals surface area contributed by atoms with Crippen LogP contribution in [0.25, 0.3) is 0 Å². The number of ether oxygens (including phenoxy) is 1. The number of aliphatic hydroxyl groups is 1. The molecule has 0 aromatic carbocycles. The first-order chi connectivity index (χ1) is 16.8. The molecule has 0 spiro atoms. The van der Waals surface area contributed by atoms with Crippen molar-refractivity contribution < 1.29 is 18.3 Å². The van der Waals surface area contributed by atoms with Gasteiger partial charge >= 0.3 is 0 Å². The van der Waals surface area contributed by atoms with Crippen molar-refractivity contribution in [1.29, 1.82) is 5.26 Å². The number of aromatic nitrogens is 4. The van der Waals surface area contributed by atoms with E-state index in [1.54, 1.807) is 16.4 Å². The topological polar surface area (TPSA) is 164 Å². The summed E-state index contributed by atoms with van der Waals surface area (Å²) in [6, 6.07) is 5.37. The van der Waals surface area contributed by atoms with E-state index in [1.165, 1.54) is 11.4 Å². The van der Waals surface area contributed by atoms with Crippen LogP contribution in [0.5, 0.6) is 5.88 Å². The van der Waals surface area contributed by atoms with Gasteiger partial charge in [-0.1, -0.05) is 0 Å². The standard InChI is InChI=1S/C21H29N9O4S/c1-28(21-24-18(8-20(25-21)34-2)23-19-5-14(12-31)26-27-19)17-6-15-3-4-16(7-17)30(15)35(32,33)29-10-13(9-22)11-29/h5,8,13,15-17,31H,3-4,6-7,10-12H2,1-2H3,(H2,23,24,25,26,27)/t15-,16+,17?. The van der Waals surface area contributed by atoms with Crippen LogP contribution in [-0.4, -0.2) is 87.7 Å². The highest BCUT2D eigenvalue weighted by Crippen LogP contribution is 2.41. The van der Waals surface area contributed by atoms with Crippen molar-refractivity contribution in [2.75, 3.05) is 37.5 Å². The normalized spacial score (nSPS) is 25.1. The summed E-state index contributed by atoms with van der Waals surface area (Å²) in [7, 11) is -0.115. The van der Waals surface area contributed by atoms with Crippen LogP contribution in [0.2, 0.25) is 0 Å². The molecule has 1 unspecified atom stereocenters. The fraction of sp³-hybridized carbons (Fsp3) is 0.619. The van der Waals surface area contributed by atoms with Crippen LogP contribution < -0.4 is 15.0 Å². The van der Waals surface area contributed by atoms with Gasteiger partial charge < -0.3 is 20.1 Å². The molecule has 0 aliphatic carbocycles. The number of fused-ring (bicyclic) bond motifs is 2. The molecule has 5 heterocycles. The van der Waals surface area contributed by atoms with Crippen molar-refractivity contribution in [1.82, 2.24) is 28.8 Å². The molecule has 35 heavy (non-hydrogen) atoms. The van der Waals surface area contributed by atoms with Gasteiger partial charge in [0.1, 0.15) is 5.82 Å². The predicted molar refractivity (Wildman–Crippen MR) is 126 cm³/mol. The molecule has 2 bridgehead atoms. The number of hydrogen-bond donors (Lipinski definition) is 3. The number of rotatable bonds is 8. The summed E-state index contributed by atoms with van der Waals surface area (Å²) in [4.78, 5) is 11.1. The lowest BCUT2D eigenvalue weighted by molar-refractivity contribution is 0.177. The zero-order valence-electron chi connectivity index (χ0n) is 19.6. The Labute approximate surface area is 203 Å². The first-order valence-corrected chi connectivity index (χ1v) is 13.0. The van der Waals surface area contributed by atoms with Gasteiger partial charge in [-0.3, -0.25) is 5.10 Å². The molecule has 13 nitrogen and oxygen atoms in total. The SMILES string of the molecule is COc1cc(Nc2cc(CO)[nH]n2)nc(N(C)C2C[C@H]3CC[C@@H](C2)N3S(=O)(=O)N2CC(C#N)C2)n1. The Balaban J connectivity index is 1.31. The third-order valence-electron chi connectivity index (χ3n) is 7.09. The van der Waals surface area contributed by atoms with E-state index < -0.39 is 10.2 Å². The highest BCUT2D eigenvalue weighted by atomic mass is 32.2. The number of nitrogens with one attached hydrogen (secondary N) is 2. The van der Waals surface area contributed by atoms with Crippen molar-refractivity contribution in [3.63, 3.8) is 0 Å². The average Bonchev–Trinajstić information content (AvgIpc) is 3.39. The molecule has 3 atom stereocenters. The van der Waals surface area contributed by atoms with E-state index in [0.717, 1.165) is 12.8 Å². The summed E-state index contributed by atoms with van der Waals surface area (Å²) < 4.78 is 34.9. The molecular weight excluding hydrogens is 474 g/mol. The summed E-state index contributed by atoms with van der Waals surface area (Å²) in [5, 5.41) is 28.2. The Hall–Kier alpha value is -2.99. The van der Waals surface area contributed by atoms with E-state index in [2.05, 4.69) is 31.6 Å². The molecule has 3 fully saturated rings. The minimum Gasteiger partial charge on any atom is -0.481 e. The molecule has 3 N–H and O–H groups in total. The second-order valence-electron chi connectivity index (χ2n) is 9.26. The Morgan fingerprint density at radius 2 is 1.97 bits per heavy atom. The minimum absolute atomic E-state index is 0.0635. The highest BCUT2D eigenvalue weighted by molar-refractivity contribution is 7.86. The molecule has 14 heteroatoms. The van der Waals surface area contributed by atoms with Crippen molar-refractivity contribution in [2.45, 2.75) is 50.4 Å². The smallest absolute Gasteiger partial charge is 0.282 e. The van der Waals surface area contributed by atoms with Crippen molar-refractivity contribution in [3.8, 4) is 11.9 Å². The van der Waals surface area contributed by atoms with Crippen LogP contribution in [0.15, 0.2) is 12.1 Å². The molecule has 3 aliphatic rings. The van der Waals surface area contributed by atoms with Gasteiger partial charge in [0.15, 0.2) is 5.82 Å². The van der Waals surface area contributed by atoms with Gasteiger partial charge in [0.2, 0.25) is 11.8 Å². The Bertz CT molecular complexity index is 1210. The number of piperidine rings is 1. The van der Waals surface area contributed by atoms with Crippen molar-refractivity contribution in [2.24, 2.45) is 5.92 Å². The number of H-pyrrole nitrogens is 1. The molecule has 0 radical (unpaired) electrons. The monoisotopic (exact) mass is 503 g/mol. The molecule has 3 aliphatic heterocycles. The number of aliphatic hydroxyl groups excluding tert-OH is 1. The molecule has 0 saturated carbocycles. The van der Waals surface area contributed by atoms with E-state index in [1.807, 2.05) is 11.9 Å². The Morgan fingerprint density at radius 3 is 2.57 bits per heavy atom. The third kappa shape index (κ3) is 4.40. The number of methoxy groups -OCH3 is 1. The molecular formula is C21H29N9O4S. The van der Waals surface area contributed by atoms with Gasteiger partial charge in [-0.25, -0.2) is 0 Å². The van der Waals surface area contributed by atoms with Gasteiger partial charge in [-0.15, -0.1) is 0 Å². The highest BCUT2D eigenvalue weighted by Gasteiger charge is 2.51. The first-order valence-electron chi connectivity index (χ1n) is 11.6. The van der Waals surface area contributed by atoms with E-state index in [4.69, 9.17) is 10.00 Å². The van der Waals surface area contributed by atoms with Crippen molar-refractivity contribution in [3.05, 3.63) is 17.8 Å². The van der Waals surface area contributed by atoms with Gasteiger partial charge in [-0.05, 0) is 25.7 Å². The summed E-state index contributed by atoms with van der Waals surface area (Å²) in [6.45, 7) is 0.409. The third-order valence-corrected chi connectivity index (χ3v) is 9.16. The van der Waals surface area contributed by atoms with Crippen LogP contribution in [-0.2, 0) is 16.8 Å². The second-order valence-corrected chi connectivity index (χ2v) is 11.1. The quantitative estimate of drug-likeness (QED) is 0.464. The fourth-order valence-corrected chi connectivity index (χ4v) is 7.32. The summed E-state index contributed by atoms with van der Waals surface area (Å²) in [6.07, 6.45) is 2.98. The maximum atomic E-state index is 13.2. The largest absolute Gasteiger partial charge is 0.481 e. The Kier molecular flexibility index (Phi) is 6.26. The molecule has 3 saturated heterocycles. The van der Waals surface area contributed by atoms with E-state index in [0.29, 0.717) is 42.0 Å². The summed E-state index contributed by atoms with van der Waals surface area (Å²) in [5.41, 5.74) is 0.574. The lowest BCUT2D eigenvalue weighted by Crippen LogP contribution is -2.60. The lowest BCUT2D eigenvalue weighted by Gasteiger charge is -2.45. The molecule has 2 aromatic heterocycles. The predicted octanol–water partition coefficient (Wildman–Crippen LogP) is 0.576. The van der Waals surface area contributed by atoms with Crippen LogP contribution >= 0.6 is 0 Å². The van der Waals surface area contributed by atoms with Crippen LogP contribution in [0.3, 0.4) is 0 Å². The van der Waals surface area contributed by atoms with Crippen LogP contribution in [0.4, 0.5) is 17.6 Å². The zero-order valence-corrected chi connectivity index (χ0v) is 20.4. The zero-order chi connectivity index (χ0) is 24.7. The van der Waals surface area contributed by atoms with Gasteiger partial charge in [0, 0.05) is 50.4 Å². The molecule has 5 rings (SSSR count). The van der Waals surface area contributed by atoms with Crippen molar-refractivity contribution >= 4 is 27.8 Å². The maximum absolute atomic E-state index is 13.2. The number of anilines is 3. The number of nitrogens with zero attached hydrogens (tertiary/aromatic N) is 7. The minimum atomic E-state index is -3.56. The first kappa shape index (κ1) is 23.7. The molecule has 2 aromatic rings. The van der Waals surface area contributed by atoms with Gasteiger partial charge in [0.05, 0.1) is 31.4 Å². The maximum Gasteiger partial charge on any atom is 0.282 e. The lowest BCUT2D eigenvalue weighted by atomic mass is 9.99. The number of nitriles is 1. The van der Waals surface area contributed by atoms with Gasteiger partial charge in [0.25, 0.3) is 10.2 Å². The van der Waals surface area contributed by atoms with E-state index in [9.17, 15) is 13.5 Å². The fourth-order valence-electron chi connectivity index (χ4n) is 5.18.